The maximum Gasteiger partial charge on any atom is 0.262 e. The molecule has 7 heteroatoms. The van der Waals surface area contributed by atoms with Crippen molar-refractivity contribution in [2.24, 2.45) is 0 Å². The third-order valence-corrected chi connectivity index (χ3v) is 3.21. The van der Waals surface area contributed by atoms with E-state index >= 15 is 0 Å². The molecule has 6 nitrogen and oxygen atoms in total. The summed E-state index contributed by atoms with van der Waals surface area (Å²) in [4.78, 5) is 15.6. The largest absolute Gasteiger partial charge is 0.360 e. The first-order chi connectivity index (χ1) is 10.2. The molecule has 0 spiro atoms. The van der Waals surface area contributed by atoms with E-state index < -0.39 is 5.91 Å². The fourth-order valence-electron chi connectivity index (χ4n) is 2.17. The number of carbonyl (C=O) groups is 1. The number of imidazole rings is 1. The fraction of sp³-hybridized carbons (Fsp3) is 0.429. The Morgan fingerprint density at radius 1 is 1.43 bits per heavy atom. The highest BCUT2D eigenvalue weighted by molar-refractivity contribution is 5.79. The molecule has 3 N–H and O–H groups in total. The lowest BCUT2D eigenvalue weighted by Gasteiger charge is -2.07. The van der Waals surface area contributed by atoms with Crippen LogP contribution in [0, 0.1) is 5.82 Å². The highest BCUT2D eigenvalue weighted by Gasteiger charge is 2.13. The summed E-state index contributed by atoms with van der Waals surface area (Å²) in [5, 5.41) is 11.4. The Balaban J connectivity index is 2.28. The summed E-state index contributed by atoms with van der Waals surface area (Å²) in [5.74, 6) is -0.361. The quantitative estimate of drug-likeness (QED) is 0.415. The molecule has 114 valence electrons. The van der Waals surface area contributed by atoms with Crippen LogP contribution in [0.15, 0.2) is 18.3 Å². The van der Waals surface area contributed by atoms with E-state index in [-0.39, 0.29) is 12.4 Å². The number of carbonyl (C=O) groups excluding carboxylic acids is 1. The maximum absolute atomic E-state index is 13.4. The van der Waals surface area contributed by atoms with Gasteiger partial charge in [0, 0.05) is 6.20 Å². The molecule has 2 aromatic heterocycles. The van der Waals surface area contributed by atoms with Crippen molar-refractivity contribution in [3.8, 4) is 0 Å². The molecular formula is C14H19FN4O2. The predicted molar refractivity (Wildman–Crippen MR) is 76.8 cm³/mol. The van der Waals surface area contributed by atoms with Crippen LogP contribution in [0.2, 0.25) is 0 Å². The molecule has 0 bridgehead atoms. The van der Waals surface area contributed by atoms with E-state index in [4.69, 9.17) is 5.21 Å². The van der Waals surface area contributed by atoms with Crippen molar-refractivity contribution < 1.29 is 14.4 Å². The number of fused-ring (bicyclic) bond motifs is 1. The maximum atomic E-state index is 13.4. The number of anilines is 1. The van der Waals surface area contributed by atoms with Crippen molar-refractivity contribution in [1.82, 2.24) is 14.9 Å². The van der Waals surface area contributed by atoms with E-state index in [0.29, 0.717) is 11.5 Å². The van der Waals surface area contributed by atoms with Crippen molar-refractivity contribution in [1.29, 1.82) is 0 Å². The van der Waals surface area contributed by atoms with Gasteiger partial charge in [0.05, 0.1) is 12.2 Å². The average Bonchev–Trinajstić information content (AvgIpc) is 2.82. The molecule has 2 heterocycles. The Labute approximate surface area is 121 Å². The summed E-state index contributed by atoms with van der Waals surface area (Å²) >= 11 is 0. The minimum Gasteiger partial charge on any atom is -0.360 e. The Hall–Kier alpha value is -2.15. The van der Waals surface area contributed by atoms with Gasteiger partial charge >= 0.3 is 0 Å². The summed E-state index contributed by atoms with van der Waals surface area (Å²) in [6, 6.07) is 2.94. The lowest BCUT2D eigenvalue weighted by atomic mass is 10.1. The first-order valence-electron chi connectivity index (χ1n) is 6.99. The number of nitrogens with one attached hydrogen (secondary N) is 2. The second-order valence-electron chi connectivity index (χ2n) is 4.83. The number of amides is 1. The molecule has 0 aromatic carbocycles. The fourth-order valence-corrected chi connectivity index (χ4v) is 2.17. The summed E-state index contributed by atoms with van der Waals surface area (Å²) in [5.41, 5.74) is 2.97. The number of aryl methyl sites for hydroxylation is 1. The third-order valence-electron chi connectivity index (χ3n) is 3.21. The van der Waals surface area contributed by atoms with Crippen LogP contribution in [-0.2, 0) is 11.2 Å². The molecule has 1 amide bonds. The van der Waals surface area contributed by atoms with Crippen LogP contribution in [0.3, 0.4) is 0 Å². The van der Waals surface area contributed by atoms with E-state index in [2.05, 4.69) is 17.2 Å². The van der Waals surface area contributed by atoms with E-state index in [1.54, 1.807) is 15.9 Å². The number of rotatable bonds is 7. The Morgan fingerprint density at radius 3 is 2.95 bits per heavy atom. The molecule has 21 heavy (non-hydrogen) atoms. The number of hydrogen-bond donors (Lipinski definition) is 3. The predicted octanol–water partition coefficient (Wildman–Crippen LogP) is 2.12. The second-order valence-corrected chi connectivity index (χ2v) is 4.83. The van der Waals surface area contributed by atoms with Crippen LogP contribution in [-0.4, -0.2) is 27.0 Å². The van der Waals surface area contributed by atoms with Crippen molar-refractivity contribution >= 4 is 17.4 Å². The van der Waals surface area contributed by atoms with Crippen LogP contribution in [0.4, 0.5) is 10.2 Å². The highest BCUT2D eigenvalue weighted by atomic mass is 19.1. The first kappa shape index (κ1) is 15.2. The van der Waals surface area contributed by atoms with Crippen LogP contribution >= 0.6 is 0 Å². The number of unbranched alkanes of at least 4 members (excludes halogenated alkanes) is 2. The van der Waals surface area contributed by atoms with Gasteiger partial charge in [-0.25, -0.2) is 14.9 Å². The van der Waals surface area contributed by atoms with Gasteiger partial charge in [-0.1, -0.05) is 19.8 Å². The zero-order valence-electron chi connectivity index (χ0n) is 11.9. The lowest BCUT2D eigenvalue weighted by molar-refractivity contribution is -0.127. The first-order valence-corrected chi connectivity index (χ1v) is 6.99. The van der Waals surface area contributed by atoms with Gasteiger partial charge in [0.15, 0.2) is 0 Å². The normalized spacial score (nSPS) is 10.8. The van der Waals surface area contributed by atoms with Crippen LogP contribution in [0.25, 0.3) is 5.65 Å². The minimum atomic E-state index is -0.569. The zero-order chi connectivity index (χ0) is 15.2. The van der Waals surface area contributed by atoms with Crippen molar-refractivity contribution in [3.05, 3.63) is 29.8 Å². The minimum absolute atomic E-state index is 0.110. The lowest BCUT2D eigenvalue weighted by Crippen LogP contribution is -2.27. The number of aromatic nitrogens is 2. The van der Waals surface area contributed by atoms with Gasteiger partial charge in [-0.05, 0) is 25.0 Å². The molecule has 0 fully saturated rings. The summed E-state index contributed by atoms with van der Waals surface area (Å²) in [7, 11) is 0. The number of nitrogens with zero attached hydrogens (tertiary/aromatic N) is 2. The smallest absolute Gasteiger partial charge is 0.262 e. The SMILES string of the molecule is CCCCCc1nc2ccc(F)cn2c1NCC(=O)NO. The molecular weight excluding hydrogens is 275 g/mol. The van der Waals surface area contributed by atoms with Crippen molar-refractivity contribution in [3.63, 3.8) is 0 Å². The molecule has 0 unspecified atom stereocenters. The standard InChI is InChI=1S/C14H19FN4O2/c1-2-3-4-5-11-14(16-8-13(20)18-21)19-9-10(15)6-7-12(19)17-11/h6-7,9,16,21H,2-5,8H2,1H3,(H,18,20). The monoisotopic (exact) mass is 294 g/mol. The van der Waals surface area contributed by atoms with Gasteiger partial charge in [0.25, 0.3) is 5.91 Å². The molecule has 0 aliphatic heterocycles. The molecule has 0 aliphatic rings. The zero-order valence-corrected chi connectivity index (χ0v) is 11.9. The van der Waals surface area contributed by atoms with Crippen LogP contribution in [0.5, 0.6) is 0 Å². The highest BCUT2D eigenvalue weighted by Crippen LogP contribution is 2.21. The topological polar surface area (TPSA) is 78.7 Å². The molecule has 0 aliphatic carbocycles. The van der Waals surface area contributed by atoms with Gasteiger partial charge in [-0.2, -0.15) is 0 Å². The Kier molecular flexibility index (Phi) is 5.10. The average molecular weight is 294 g/mol. The Morgan fingerprint density at radius 2 is 2.24 bits per heavy atom. The summed E-state index contributed by atoms with van der Waals surface area (Å²) in [6.07, 6.45) is 5.23. The molecule has 0 saturated heterocycles. The van der Waals surface area contributed by atoms with Crippen LogP contribution in [0.1, 0.15) is 31.9 Å². The Bertz CT molecular complexity index is 627. The van der Waals surface area contributed by atoms with Gasteiger partial charge in [-0.3, -0.25) is 14.4 Å². The molecule has 0 saturated carbocycles. The summed E-state index contributed by atoms with van der Waals surface area (Å²) < 4.78 is 15.0. The van der Waals surface area contributed by atoms with E-state index in [1.165, 1.54) is 12.3 Å². The van der Waals surface area contributed by atoms with E-state index in [1.807, 2.05) is 0 Å². The molecule has 0 radical (unpaired) electrons. The molecule has 2 rings (SSSR count). The van der Waals surface area contributed by atoms with Gasteiger partial charge < -0.3 is 5.32 Å². The van der Waals surface area contributed by atoms with Crippen molar-refractivity contribution in [2.75, 3.05) is 11.9 Å². The number of hydroxylamine groups is 1. The van der Waals surface area contributed by atoms with Gasteiger partial charge in [0.1, 0.15) is 17.3 Å². The van der Waals surface area contributed by atoms with E-state index in [9.17, 15) is 9.18 Å². The van der Waals surface area contributed by atoms with Crippen LogP contribution < -0.4 is 10.8 Å². The third kappa shape index (κ3) is 3.69. The summed E-state index contributed by atoms with van der Waals surface area (Å²) in [6.45, 7) is 2.01. The number of halogens is 1. The number of hydrogen-bond acceptors (Lipinski definition) is 4. The van der Waals surface area contributed by atoms with Gasteiger partial charge in [-0.15, -0.1) is 0 Å². The van der Waals surface area contributed by atoms with E-state index in [0.717, 1.165) is 31.4 Å². The van der Waals surface area contributed by atoms with Gasteiger partial charge in [0.2, 0.25) is 0 Å². The van der Waals surface area contributed by atoms with Crippen molar-refractivity contribution in [2.45, 2.75) is 32.6 Å². The number of pyridine rings is 1. The molecule has 0 atom stereocenters. The second kappa shape index (κ2) is 7.03. The molecule has 2 aromatic rings.